The number of fused-ring (bicyclic) bond motifs is 1. The van der Waals surface area contributed by atoms with E-state index in [9.17, 15) is 14.7 Å². The Bertz CT molecular complexity index is 557. The number of carbonyl (C=O) groups is 2. The summed E-state index contributed by atoms with van der Waals surface area (Å²) in [5.41, 5.74) is 0.980. The molecule has 21 heavy (non-hydrogen) atoms. The Labute approximate surface area is 123 Å². The maximum atomic E-state index is 12.7. The molecule has 1 N–H and O–H groups in total. The molecule has 0 bridgehead atoms. The third-order valence-electron chi connectivity index (χ3n) is 4.41. The predicted molar refractivity (Wildman–Crippen MR) is 75.8 cm³/mol. The standard InChI is InChI=1S/C16H19NO4/c18-15(12-5-3-6-13(12)16(19)20)17-8-9-21-14-7-2-1-4-11(14)10-17/h1-2,4,7,12-13H,3,5-6,8-10H2,(H,19,20)/t12-,13+/m1/s1. The summed E-state index contributed by atoms with van der Waals surface area (Å²) in [6.45, 7) is 1.46. The lowest BCUT2D eigenvalue weighted by atomic mass is 9.94. The Morgan fingerprint density at radius 2 is 1.95 bits per heavy atom. The van der Waals surface area contributed by atoms with Crippen LogP contribution < -0.4 is 4.74 Å². The number of carbonyl (C=O) groups excluding carboxylic acids is 1. The van der Waals surface area contributed by atoms with Crippen LogP contribution in [0, 0.1) is 11.8 Å². The fraction of sp³-hybridized carbons (Fsp3) is 0.500. The number of hydrogen-bond acceptors (Lipinski definition) is 3. The van der Waals surface area contributed by atoms with Crippen molar-refractivity contribution in [2.45, 2.75) is 25.8 Å². The van der Waals surface area contributed by atoms with Gasteiger partial charge in [0.15, 0.2) is 0 Å². The number of rotatable bonds is 2. The van der Waals surface area contributed by atoms with Crippen molar-refractivity contribution in [2.24, 2.45) is 11.8 Å². The Hall–Kier alpha value is -2.04. The smallest absolute Gasteiger partial charge is 0.307 e. The second-order valence-electron chi connectivity index (χ2n) is 5.70. The fourth-order valence-electron chi connectivity index (χ4n) is 3.30. The molecular weight excluding hydrogens is 270 g/mol. The molecule has 1 fully saturated rings. The molecule has 2 aliphatic rings. The summed E-state index contributed by atoms with van der Waals surface area (Å²) in [6.07, 6.45) is 2.09. The van der Waals surface area contributed by atoms with Crippen LogP contribution in [0.2, 0.25) is 0 Å². The van der Waals surface area contributed by atoms with Crippen molar-refractivity contribution in [3.8, 4) is 5.75 Å². The highest BCUT2D eigenvalue weighted by molar-refractivity contribution is 5.85. The van der Waals surface area contributed by atoms with Crippen molar-refractivity contribution >= 4 is 11.9 Å². The molecule has 1 saturated carbocycles. The van der Waals surface area contributed by atoms with Crippen molar-refractivity contribution < 1.29 is 19.4 Å². The molecular formula is C16H19NO4. The normalized spacial score (nSPS) is 24.9. The topological polar surface area (TPSA) is 66.8 Å². The molecule has 3 rings (SSSR count). The molecule has 1 heterocycles. The molecule has 2 atom stereocenters. The van der Waals surface area contributed by atoms with Gasteiger partial charge in [0, 0.05) is 12.1 Å². The lowest BCUT2D eigenvalue weighted by Gasteiger charge is -2.25. The maximum Gasteiger partial charge on any atom is 0.307 e. The molecule has 5 nitrogen and oxygen atoms in total. The van der Waals surface area contributed by atoms with E-state index in [0.717, 1.165) is 17.7 Å². The molecule has 0 unspecified atom stereocenters. The summed E-state index contributed by atoms with van der Waals surface area (Å²) >= 11 is 0. The van der Waals surface area contributed by atoms with E-state index in [1.54, 1.807) is 4.90 Å². The quantitative estimate of drug-likeness (QED) is 0.903. The summed E-state index contributed by atoms with van der Waals surface area (Å²) in [5, 5.41) is 9.25. The third kappa shape index (κ3) is 2.73. The minimum Gasteiger partial charge on any atom is -0.491 e. The molecule has 0 spiro atoms. The zero-order chi connectivity index (χ0) is 14.8. The van der Waals surface area contributed by atoms with Crippen molar-refractivity contribution in [3.05, 3.63) is 29.8 Å². The average molecular weight is 289 g/mol. The van der Waals surface area contributed by atoms with Crippen LogP contribution in [-0.4, -0.2) is 35.0 Å². The molecule has 0 saturated heterocycles. The highest BCUT2D eigenvalue weighted by atomic mass is 16.5. The number of carboxylic acid groups (broad SMARTS) is 1. The minimum absolute atomic E-state index is 0.0415. The molecule has 112 valence electrons. The van der Waals surface area contributed by atoms with Crippen molar-refractivity contribution in [1.82, 2.24) is 4.90 Å². The first-order valence-corrected chi connectivity index (χ1v) is 7.39. The summed E-state index contributed by atoms with van der Waals surface area (Å²) in [4.78, 5) is 25.7. The Morgan fingerprint density at radius 3 is 2.76 bits per heavy atom. The summed E-state index contributed by atoms with van der Waals surface area (Å²) in [7, 11) is 0. The number of ether oxygens (including phenoxy) is 1. The predicted octanol–water partition coefficient (Wildman–Crippen LogP) is 1.91. The Kier molecular flexibility index (Phi) is 3.82. The van der Waals surface area contributed by atoms with Gasteiger partial charge < -0.3 is 14.7 Å². The Morgan fingerprint density at radius 1 is 1.19 bits per heavy atom. The van der Waals surface area contributed by atoms with E-state index >= 15 is 0 Å². The highest BCUT2D eigenvalue weighted by Crippen LogP contribution is 2.34. The lowest BCUT2D eigenvalue weighted by Crippen LogP contribution is -2.39. The molecule has 1 aromatic carbocycles. The molecule has 1 aromatic rings. The van der Waals surface area contributed by atoms with E-state index in [1.165, 1.54) is 0 Å². The van der Waals surface area contributed by atoms with Crippen LogP contribution in [0.1, 0.15) is 24.8 Å². The second-order valence-corrected chi connectivity index (χ2v) is 5.70. The van der Waals surface area contributed by atoms with Crippen molar-refractivity contribution in [3.63, 3.8) is 0 Å². The molecule has 1 amide bonds. The third-order valence-corrected chi connectivity index (χ3v) is 4.41. The van der Waals surface area contributed by atoms with Gasteiger partial charge in [-0.1, -0.05) is 24.6 Å². The molecule has 0 radical (unpaired) electrons. The zero-order valence-electron chi connectivity index (χ0n) is 11.8. The van der Waals surface area contributed by atoms with Crippen LogP contribution in [0.15, 0.2) is 24.3 Å². The number of aliphatic carboxylic acids is 1. The SMILES string of the molecule is O=C(O)[C@H]1CCC[C@H]1C(=O)N1CCOc2ccccc2C1. The molecule has 0 aromatic heterocycles. The van der Waals surface area contributed by atoms with Crippen LogP contribution in [0.3, 0.4) is 0 Å². The monoisotopic (exact) mass is 289 g/mol. The number of nitrogens with zero attached hydrogens (tertiary/aromatic N) is 1. The number of carboxylic acids is 1. The van der Waals surface area contributed by atoms with Gasteiger partial charge in [0.25, 0.3) is 0 Å². The van der Waals surface area contributed by atoms with Crippen molar-refractivity contribution in [2.75, 3.05) is 13.2 Å². The summed E-state index contributed by atoms with van der Waals surface area (Å²) in [5.74, 6) is -0.990. The van der Waals surface area contributed by atoms with Gasteiger partial charge in [0.05, 0.1) is 18.4 Å². The molecule has 1 aliphatic carbocycles. The number of para-hydroxylation sites is 1. The number of hydrogen-bond donors (Lipinski definition) is 1. The van der Waals surface area contributed by atoms with Gasteiger partial charge in [-0.25, -0.2) is 0 Å². The van der Waals surface area contributed by atoms with E-state index in [0.29, 0.717) is 32.5 Å². The van der Waals surface area contributed by atoms with E-state index in [4.69, 9.17) is 4.74 Å². The van der Waals surface area contributed by atoms with Crippen LogP contribution in [0.25, 0.3) is 0 Å². The van der Waals surface area contributed by atoms with Gasteiger partial charge in [0.2, 0.25) is 5.91 Å². The molecule has 5 heteroatoms. The van der Waals surface area contributed by atoms with Crippen molar-refractivity contribution in [1.29, 1.82) is 0 Å². The van der Waals surface area contributed by atoms with E-state index in [1.807, 2.05) is 24.3 Å². The number of amides is 1. The molecule has 1 aliphatic heterocycles. The Balaban J connectivity index is 1.77. The highest BCUT2D eigenvalue weighted by Gasteiger charge is 2.40. The van der Waals surface area contributed by atoms with Crippen LogP contribution in [0.5, 0.6) is 5.75 Å². The first kappa shape index (κ1) is 13.9. The number of benzene rings is 1. The van der Waals surface area contributed by atoms with Gasteiger partial charge in [-0.2, -0.15) is 0 Å². The summed E-state index contributed by atoms with van der Waals surface area (Å²) < 4.78 is 5.66. The second kappa shape index (κ2) is 5.76. The average Bonchev–Trinajstić information content (AvgIpc) is 2.87. The van der Waals surface area contributed by atoms with Gasteiger partial charge in [-0.3, -0.25) is 9.59 Å². The first-order valence-electron chi connectivity index (χ1n) is 7.39. The minimum atomic E-state index is -0.850. The van der Waals surface area contributed by atoms with E-state index in [-0.39, 0.29) is 11.8 Å². The lowest BCUT2D eigenvalue weighted by molar-refractivity contribution is -0.149. The van der Waals surface area contributed by atoms with Gasteiger partial charge in [0.1, 0.15) is 12.4 Å². The first-order chi connectivity index (χ1) is 10.2. The van der Waals surface area contributed by atoms with Gasteiger partial charge >= 0.3 is 5.97 Å². The fourth-order valence-corrected chi connectivity index (χ4v) is 3.30. The van der Waals surface area contributed by atoms with Gasteiger partial charge in [-0.15, -0.1) is 0 Å². The summed E-state index contributed by atoms with van der Waals surface area (Å²) in [6, 6.07) is 7.68. The maximum absolute atomic E-state index is 12.7. The van der Waals surface area contributed by atoms with Crippen LogP contribution in [-0.2, 0) is 16.1 Å². The van der Waals surface area contributed by atoms with E-state index in [2.05, 4.69) is 0 Å². The largest absolute Gasteiger partial charge is 0.491 e. The van der Waals surface area contributed by atoms with Gasteiger partial charge in [-0.05, 0) is 18.9 Å². The van der Waals surface area contributed by atoms with Crippen LogP contribution in [0.4, 0.5) is 0 Å². The van der Waals surface area contributed by atoms with E-state index < -0.39 is 11.9 Å². The van der Waals surface area contributed by atoms with Crippen LogP contribution >= 0.6 is 0 Å². The zero-order valence-corrected chi connectivity index (χ0v) is 11.8.